The maximum atomic E-state index is 12.0. The van der Waals surface area contributed by atoms with Crippen molar-refractivity contribution in [3.05, 3.63) is 29.8 Å². The predicted octanol–water partition coefficient (Wildman–Crippen LogP) is 0.993. The molecule has 1 atom stereocenters. The first-order chi connectivity index (χ1) is 9.12. The van der Waals surface area contributed by atoms with E-state index < -0.39 is 10.0 Å². The Kier molecular flexibility index (Phi) is 4.93. The minimum atomic E-state index is -3.42. The molecule has 1 aromatic carbocycles. The zero-order valence-corrected chi connectivity index (χ0v) is 11.7. The van der Waals surface area contributed by atoms with Gasteiger partial charge in [0.2, 0.25) is 10.0 Å². The molecule has 6 heteroatoms. The first-order valence-corrected chi connectivity index (χ1v) is 8.00. The van der Waals surface area contributed by atoms with Crippen LogP contribution in [0, 0.1) is 0 Å². The molecule has 1 aliphatic rings. The molecule has 1 heterocycles. The minimum absolute atomic E-state index is 0.197. The summed E-state index contributed by atoms with van der Waals surface area (Å²) in [6.45, 7) is 1.61. The van der Waals surface area contributed by atoms with Crippen LogP contribution in [0.2, 0.25) is 0 Å². The van der Waals surface area contributed by atoms with E-state index in [1.807, 2.05) is 0 Å². The monoisotopic (exact) mass is 284 g/mol. The summed E-state index contributed by atoms with van der Waals surface area (Å²) in [5, 5.41) is 0. The smallest absolute Gasteiger partial charge is 0.240 e. The maximum absolute atomic E-state index is 12.0. The fourth-order valence-electron chi connectivity index (χ4n) is 2.11. The van der Waals surface area contributed by atoms with Crippen LogP contribution < -0.4 is 10.5 Å². The molecule has 1 aromatic rings. The molecule has 0 amide bonds. The third kappa shape index (κ3) is 4.01. The molecule has 0 radical (unpaired) electrons. The highest BCUT2D eigenvalue weighted by Crippen LogP contribution is 2.15. The first-order valence-electron chi connectivity index (χ1n) is 6.52. The molecule has 19 heavy (non-hydrogen) atoms. The molecule has 1 saturated heterocycles. The Hall–Kier alpha value is -0.950. The van der Waals surface area contributed by atoms with E-state index in [4.69, 9.17) is 10.5 Å². The normalized spacial score (nSPS) is 19.7. The van der Waals surface area contributed by atoms with Crippen molar-refractivity contribution in [1.82, 2.24) is 4.72 Å². The van der Waals surface area contributed by atoms with E-state index in [2.05, 4.69) is 4.72 Å². The molecule has 0 saturated carbocycles. The third-order valence-corrected chi connectivity index (χ3v) is 4.73. The Morgan fingerprint density at radius 1 is 1.32 bits per heavy atom. The zero-order valence-electron chi connectivity index (χ0n) is 10.8. The quantitative estimate of drug-likeness (QED) is 0.816. The Morgan fingerprint density at radius 3 is 2.63 bits per heavy atom. The van der Waals surface area contributed by atoms with Crippen LogP contribution in [0.15, 0.2) is 29.2 Å². The van der Waals surface area contributed by atoms with Crippen molar-refractivity contribution in [2.45, 2.75) is 36.8 Å². The number of hydrogen-bond acceptors (Lipinski definition) is 4. The third-order valence-electron chi connectivity index (χ3n) is 3.25. The van der Waals surface area contributed by atoms with Gasteiger partial charge in [0, 0.05) is 19.7 Å². The van der Waals surface area contributed by atoms with Gasteiger partial charge in [-0.2, -0.15) is 0 Å². The summed E-state index contributed by atoms with van der Waals surface area (Å²) in [4.78, 5) is 0.275. The van der Waals surface area contributed by atoms with Crippen LogP contribution in [-0.2, 0) is 21.3 Å². The van der Waals surface area contributed by atoms with E-state index in [9.17, 15) is 8.42 Å². The van der Waals surface area contributed by atoms with Gasteiger partial charge in [-0.1, -0.05) is 12.1 Å². The molecule has 0 bridgehead atoms. The lowest BCUT2D eigenvalue weighted by molar-refractivity contribution is 0.105. The standard InChI is InChI=1S/C13H20N2O3S/c14-10-11-3-5-13(6-4-11)19(16,17)15-8-7-12-2-1-9-18-12/h3-6,12,15H,1-2,7-10,14H2. The number of benzene rings is 1. The predicted molar refractivity (Wildman–Crippen MR) is 73.1 cm³/mol. The highest BCUT2D eigenvalue weighted by Gasteiger charge is 2.17. The Morgan fingerprint density at radius 2 is 2.05 bits per heavy atom. The van der Waals surface area contributed by atoms with E-state index in [1.54, 1.807) is 24.3 Å². The number of ether oxygens (including phenoxy) is 1. The average Bonchev–Trinajstić information content (AvgIpc) is 2.92. The van der Waals surface area contributed by atoms with Crippen LogP contribution in [0.4, 0.5) is 0 Å². The number of sulfonamides is 1. The summed E-state index contributed by atoms with van der Waals surface area (Å²) >= 11 is 0. The number of rotatable bonds is 6. The fraction of sp³-hybridized carbons (Fsp3) is 0.538. The van der Waals surface area contributed by atoms with Crippen LogP contribution in [0.3, 0.4) is 0 Å². The summed E-state index contributed by atoms with van der Waals surface area (Å²) in [5.41, 5.74) is 6.40. The fourth-order valence-corrected chi connectivity index (χ4v) is 3.16. The van der Waals surface area contributed by atoms with E-state index in [-0.39, 0.29) is 11.0 Å². The van der Waals surface area contributed by atoms with E-state index >= 15 is 0 Å². The Labute approximate surface area is 114 Å². The molecule has 3 N–H and O–H groups in total. The van der Waals surface area contributed by atoms with Gasteiger partial charge in [-0.05, 0) is 37.0 Å². The van der Waals surface area contributed by atoms with Gasteiger partial charge < -0.3 is 10.5 Å². The van der Waals surface area contributed by atoms with Gasteiger partial charge in [-0.25, -0.2) is 13.1 Å². The molecule has 1 unspecified atom stereocenters. The topological polar surface area (TPSA) is 81.4 Å². The van der Waals surface area contributed by atoms with Crippen molar-refractivity contribution in [3.63, 3.8) is 0 Å². The molecule has 1 fully saturated rings. The summed E-state index contributed by atoms with van der Waals surface area (Å²) < 4.78 is 32.1. The lowest BCUT2D eigenvalue weighted by Crippen LogP contribution is -2.27. The van der Waals surface area contributed by atoms with E-state index in [0.29, 0.717) is 13.1 Å². The number of nitrogens with one attached hydrogen (secondary N) is 1. The van der Waals surface area contributed by atoms with Crippen LogP contribution in [0.5, 0.6) is 0 Å². The van der Waals surface area contributed by atoms with Crippen molar-refractivity contribution in [1.29, 1.82) is 0 Å². The molecular weight excluding hydrogens is 264 g/mol. The second-order valence-electron chi connectivity index (χ2n) is 4.67. The van der Waals surface area contributed by atoms with Crippen LogP contribution in [-0.4, -0.2) is 27.7 Å². The largest absolute Gasteiger partial charge is 0.378 e. The average molecular weight is 284 g/mol. The van der Waals surface area contributed by atoms with Gasteiger partial charge in [-0.15, -0.1) is 0 Å². The Balaban J connectivity index is 1.89. The molecule has 2 rings (SSSR count). The van der Waals surface area contributed by atoms with Crippen molar-refractivity contribution >= 4 is 10.0 Å². The molecule has 1 aliphatic heterocycles. The molecular formula is C13H20N2O3S. The molecule has 5 nitrogen and oxygen atoms in total. The van der Waals surface area contributed by atoms with Crippen LogP contribution in [0.1, 0.15) is 24.8 Å². The summed E-state index contributed by atoms with van der Waals surface area (Å²) in [7, 11) is -3.42. The SMILES string of the molecule is NCc1ccc(S(=O)(=O)NCCC2CCCO2)cc1. The molecule has 106 valence electrons. The second kappa shape index (κ2) is 6.47. The highest BCUT2D eigenvalue weighted by atomic mass is 32.2. The summed E-state index contributed by atoms with van der Waals surface area (Å²) in [6, 6.07) is 6.62. The second-order valence-corrected chi connectivity index (χ2v) is 6.44. The molecule has 0 aromatic heterocycles. The van der Waals surface area contributed by atoms with Crippen molar-refractivity contribution < 1.29 is 13.2 Å². The van der Waals surface area contributed by atoms with Gasteiger partial charge >= 0.3 is 0 Å². The lowest BCUT2D eigenvalue weighted by Gasteiger charge is -2.10. The molecule has 0 aliphatic carbocycles. The van der Waals surface area contributed by atoms with Crippen molar-refractivity contribution in [3.8, 4) is 0 Å². The maximum Gasteiger partial charge on any atom is 0.240 e. The summed E-state index contributed by atoms with van der Waals surface area (Å²) in [5.74, 6) is 0. The lowest BCUT2D eigenvalue weighted by atomic mass is 10.2. The summed E-state index contributed by atoms with van der Waals surface area (Å²) in [6.07, 6.45) is 3.01. The van der Waals surface area contributed by atoms with Gasteiger partial charge in [0.05, 0.1) is 11.0 Å². The van der Waals surface area contributed by atoms with E-state index in [0.717, 1.165) is 31.4 Å². The van der Waals surface area contributed by atoms with Gasteiger partial charge in [-0.3, -0.25) is 0 Å². The van der Waals surface area contributed by atoms with Crippen LogP contribution in [0.25, 0.3) is 0 Å². The highest BCUT2D eigenvalue weighted by molar-refractivity contribution is 7.89. The minimum Gasteiger partial charge on any atom is -0.378 e. The van der Waals surface area contributed by atoms with E-state index in [1.165, 1.54) is 0 Å². The molecule has 0 spiro atoms. The van der Waals surface area contributed by atoms with Gasteiger partial charge in [0.15, 0.2) is 0 Å². The Bertz CT molecular complexity index is 493. The van der Waals surface area contributed by atoms with Crippen LogP contribution >= 0.6 is 0 Å². The zero-order chi connectivity index (χ0) is 13.7. The van der Waals surface area contributed by atoms with Crippen molar-refractivity contribution in [2.75, 3.05) is 13.2 Å². The number of nitrogens with two attached hydrogens (primary N) is 1. The van der Waals surface area contributed by atoms with Gasteiger partial charge in [0.25, 0.3) is 0 Å². The van der Waals surface area contributed by atoms with Crippen molar-refractivity contribution in [2.24, 2.45) is 5.73 Å². The van der Waals surface area contributed by atoms with Gasteiger partial charge in [0.1, 0.15) is 0 Å². The first kappa shape index (κ1) is 14.5. The number of hydrogen-bond donors (Lipinski definition) is 2.